The Hall–Kier alpha value is -0.970. The molecule has 1 nitrogen and oxygen atoms in total. The Labute approximate surface area is 136 Å². The van der Waals surface area contributed by atoms with Gasteiger partial charge in [0, 0.05) is 5.02 Å². The third kappa shape index (κ3) is 4.02. The third-order valence-corrected chi connectivity index (χ3v) is 4.13. The van der Waals surface area contributed by atoms with Gasteiger partial charge in [0.05, 0.1) is 10.5 Å². The van der Waals surface area contributed by atoms with Gasteiger partial charge in [0.2, 0.25) is 0 Å². The fraction of sp³-hybridized carbons (Fsp3) is 0.250. The quantitative estimate of drug-likeness (QED) is 0.732. The maximum absolute atomic E-state index is 13.8. The molecule has 5 heteroatoms. The molecule has 0 aromatic heterocycles. The predicted molar refractivity (Wildman–Crippen MR) is 85.6 cm³/mol. The van der Waals surface area contributed by atoms with Crippen LogP contribution in [0, 0.1) is 11.6 Å². The number of halogens is 4. The van der Waals surface area contributed by atoms with E-state index in [1.165, 1.54) is 24.3 Å². The van der Waals surface area contributed by atoms with Gasteiger partial charge in [0.1, 0.15) is 11.6 Å². The zero-order chi connectivity index (χ0) is 15.4. The van der Waals surface area contributed by atoms with Gasteiger partial charge in [0.15, 0.2) is 0 Å². The summed E-state index contributed by atoms with van der Waals surface area (Å²) in [5.74, 6) is -0.724. The van der Waals surface area contributed by atoms with Crippen LogP contribution in [-0.2, 0) is 0 Å². The normalized spacial score (nSPS) is 12.4. The summed E-state index contributed by atoms with van der Waals surface area (Å²) >= 11 is 9.31. The number of rotatable bonds is 5. The maximum atomic E-state index is 13.8. The summed E-state index contributed by atoms with van der Waals surface area (Å²) in [7, 11) is 0. The highest BCUT2D eigenvalue weighted by Crippen LogP contribution is 2.30. The second kappa shape index (κ2) is 7.34. The second-order valence-electron chi connectivity index (χ2n) is 4.73. The first-order valence-electron chi connectivity index (χ1n) is 6.66. The molecule has 0 radical (unpaired) electrons. The first-order valence-corrected chi connectivity index (χ1v) is 7.83. The first-order chi connectivity index (χ1) is 10.0. The molecule has 0 aliphatic heterocycles. The summed E-state index contributed by atoms with van der Waals surface area (Å²) in [5.41, 5.74) is 1.31. The molecule has 0 amide bonds. The van der Waals surface area contributed by atoms with Crippen LogP contribution in [0.2, 0.25) is 5.02 Å². The van der Waals surface area contributed by atoms with Gasteiger partial charge in [-0.05, 0) is 70.4 Å². The molecule has 1 N–H and O–H groups in total. The second-order valence-corrected chi connectivity index (χ2v) is 5.99. The van der Waals surface area contributed by atoms with Crippen molar-refractivity contribution in [2.75, 3.05) is 6.54 Å². The summed E-state index contributed by atoms with van der Waals surface area (Å²) in [5, 5.41) is 3.74. The van der Waals surface area contributed by atoms with Gasteiger partial charge < -0.3 is 5.32 Å². The van der Waals surface area contributed by atoms with Gasteiger partial charge in [0.25, 0.3) is 0 Å². The van der Waals surface area contributed by atoms with Gasteiger partial charge >= 0.3 is 0 Å². The number of nitrogens with one attached hydrogen (secondary N) is 1. The molecule has 0 aliphatic carbocycles. The molecular weight excluding hydrogens is 360 g/mol. The fourth-order valence-corrected chi connectivity index (χ4v) is 2.60. The highest BCUT2D eigenvalue weighted by atomic mass is 79.9. The minimum Gasteiger partial charge on any atom is -0.306 e. The van der Waals surface area contributed by atoms with Crippen LogP contribution in [0.3, 0.4) is 0 Å². The standard InChI is InChI=1S/C16H15BrClF2N/c1-2-7-21-16(10-3-5-13(17)15(20)8-10)12-9-11(19)4-6-14(12)18/h3-6,8-9,16,21H,2,7H2,1H3. The zero-order valence-corrected chi connectivity index (χ0v) is 13.8. The largest absolute Gasteiger partial charge is 0.306 e. The Morgan fingerprint density at radius 2 is 1.95 bits per heavy atom. The van der Waals surface area contributed by atoms with E-state index >= 15 is 0 Å². The molecule has 0 heterocycles. The van der Waals surface area contributed by atoms with E-state index in [4.69, 9.17) is 11.6 Å². The zero-order valence-electron chi connectivity index (χ0n) is 11.5. The van der Waals surface area contributed by atoms with Crippen LogP contribution in [0.5, 0.6) is 0 Å². The Balaban J connectivity index is 2.46. The lowest BCUT2D eigenvalue weighted by atomic mass is 9.98. The Morgan fingerprint density at radius 3 is 2.62 bits per heavy atom. The highest BCUT2D eigenvalue weighted by molar-refractivity contribution is 9.10. The first kappa shape index (κ1) is 16.4. The van der Waals surface area contributed by atoms with Gasteiger partial charge in [-0.2, -0.15) is 0 Å². The van der Waals surface area contributed by atoms with E-state index in [0.717, 1.165) is 13.0 Å². The van der Waals surface area contributed by atoms with Gasteiger partial charge in [-0.1, -0.05) is 24.6 Å². The molecule has 0 spiro atoms. The van der Waals surface area contributed by atoms with Crippen LogP contribution in [0.25, 0.3) is 0 Å². The van der Waals surface area contributed by atoms with Crippen molar-refractivity contribution in [3.63, 3.8) is 0 Å². The van der Waals surface area contributed by atoms with Crippen molar-refractivity contribution < 1.29 is 8.78 Å². The average molecular weight is 375 g/mol. The molecule has 21 heavy (non-hydrogen) atoms. The molecule has 2 aromatic rings. The Kier molecular flexibility index (Phi) is 5.73. The Bertz CT molecular complexity index is 634. The third-order valence-electron chi connectivity index (χ3n) is 3.14. The summed E-state index contributed by atoms with van der Waals surface area (Å²) in [6.07, 6.45) is 0.905. The van der Waals surface area contributed by atoms with Crippen LogP contribution < -0.4 is 5.32 Å². The van der Waals surface area contributed by atoms with Crippen LogP contribution in [0.1, 0.15) is 30.5 Å². The van der Waals surface area contributed by atoms with E-state index in [-0.39, 0.29) is 17.7 Å². The van der Waals surface area contributed by atoms with Crippen molar-refractivity contribution in [3.8, 4) is 0 Å². The molecule has 0 saturated heterocycles. The van der Waals surface area contributed by atoms with Crippen LogP contribution in [0.4, 0.5) is 8.78 Å². The summed E-state index contributed by atoms with van der Waals surface area (Å²) in [6.45, 7) is 2.74. The molecule has 2 rings (SSSR count). The monoisotopic (exact) mass is 373 g/mol. The lowest BCUT2D eigenvalue weighted by Gasteiger charge is -2.21. The molecule has 1 atom stereocenters. The minimum absolute atomic E-state index is 0.351. The topological polar surface area (TPSA) is 12.0 Å². The van der Waals surface area contributed by atoms with E-state index in [2.05, 4.69) is 21.2 Å². The van der Waals surface area contributed by atoms with Crippen molar-refractivity contribution in [3.05, 3.63) is 68.7 Å². The van der Waals surface area contributed by atoms with Gasteiger partial charge in [-0.25, -0.2) is 8.78 Å². The molecule has 2 aromatic carbocycles. The van der Waals surface area contributed by atoms with Gasteiger partial charge in [-0.3, -0.25) is 0 Å². The summed E-state index contributed by atoms with van der Waals surface area (Å²) in [4.78, 5) is 0. The molecule has 0 saturated carbocycles. The minimum atomic E-state index is -0.365. The van der Waals surface area contributed by atoms with E-state index < -0.39 is 0 Å². The average Bonchev–Trinajstić information content (AvgIpc) is 2.46. The van der Waals surface area contributed by atoms with E-state index in [0.29, 0.717) is 20.6 Å². The molecular formula is C16H15BrClF2N. The van der Waals surface area contributed by atoms with Crippen molar-refractivity contribution >= 4 is 27.5 Å². The highest BCUT2D eigenvalue weighted by Gasteiger charge is 2.18. The van der Waals surface area contributed by atoms with Gasteiger partial charge in [-0.15, -0.1) is 0 Å². The molecule has 112 valence electrons. The lowest BCUT2D eigenvalue weighted by molar-refractivity contribution is 0.576. The molecule has 1 unspecified atom stereocenters. The summed E-state index contributed by atoms with van der Waals surface area (Å²) < 4.78 is 27.7. The van der Waals surface area contributed by atoms with Crippen LogP contribution >= 0.6 is 27.5 Å². The van der Waals surface area contributed by atoms with Crippen LogP contribution in [0.15, 0.2) is 40.9 Å². The molecule has 0 fully saturated rings. The molecule has 0 bridgehead atoms. The van der Waals surface area contributed by atoms with Crippen molar-refractivity contribution in [2.45, 2.75) is 19.4 Å². The lowest BCUT2D eigenvalue weighted by Crippen LogP contribution is -2.23. The number of benzene rings is 2. The van der Waals surface area contributed by atoms with E-state index in [9.17, 15) is 8.78 Å². The smallest absolute Gasteiger partial charge is 0.137 e. The fourth-order valence-electron chi connectivity index (χ4n) is 2.12. The van der Waals surface area contributed by atoms with Crippen LogP contribution in [-0.4, -0.2) is 6.54 Å². The number of hydrogen-bond acceptors (Lipinski definition) is 1. The van der Waals surface area contributed by atoms with Crippen molar-refractivity contribution in [1.82, 2.24) is 5.32 Å². The number of hydrogen-bond donors (Lipinski definition) is 1. The SMILES string of the molecule is CCCNC(c1ccc(Br)c(F)c1)c1cc(F)ccc1Cl. The molecule has 0 aliphatic rings. The Morgan fingerprint density at radius 1 is 1.19 bits per heavy atom. The van der Waals surface area contributed by atoms with Crippen molar-refractivity contribution in [2.24, 2.45) is 0 Å². The van der Waals surface area contributed by atoms with E-state index in [1.54, 1.807) is 12.1 Å². The summed E-state index contributed by atoms with van der Waals surface area (Å²) in [6, 6.07) is 8.72. The maximum Gasteiger partial charge on any atom is 0.137 e. The van der Waals surface area contributed by atoms with Crippen molar-refractivity contribution in [1.29, 1.82) is 0 Å². The van der Waals surface area contributed by atoms with E-state index in [1.807, 2.05) is 6.92 Å². The predicted octanol–water partition coefficient (Wildman–Crippen LogP) is 5.47.